The van der Waals surface area contributed by atoms with Crippen molar-refractivity contribution in [3.63, 3.8) is 0 Å². The number of carbonyl (C=O) groups excluding carboxylic acids is 2. The number of rotatable bonds is 6. The zero-order valence-electron chi connectivity index (χ0n) is 13.0. The Morgan fingerprint density at radius 1 is 1.41 bits per heavy atom. The molecule has 6 heteroatoms. The van der Waals surface area contributed by atoms with Crippen LogP contribution < -0.4 is 10.6 Å². The summed E-state index contributed by atoms with van der Waals surface area (Å²) in [6.45, 7) is 4.19. The molecule has 1 aromatic rings. The second-order valence-electron chi connectivity index (χ2n) is 6.18. The summed E-state index contributed by atoms with van der Waals surface area (Å²) in [5.74, 6) is -0.386. The van der Waals surface area contributed by atoms with Crippen molar-refractivity contribution in [3.05, 3.63) is 24.2 Å². The van der Waals surface area contributed by atoms with E-state index in [1.54, 1.807) is 12.1 Å². The van der Waals surface area contributed by atoms with Crippen LogP contribution in [0.3, 0.4) is 0 Å². The van der Waals surface area contributed by atoms with Crippen LogP contribution in [0.2, 0.25) is 0 Å². The van der Waals surface area contributed by atoms with E-state index in [1.807, 2.05) is 13.8 Å². The molecule has 1 aliphatic carbocycles. The van der Waals surface area contributed by atoms with Crippen molar-refractivity contribution in [1.82, 2.24) is 10.6 Å². The molecule has 1 saturated carbocycles. The summed E-state index contributed by atoms with van der Waals surface area (Å²) in [6.07, 6.45) is 3.79. The minimum absolute atomic E-state index is 0.0487. The first-order valence-corrected chi connectivity index (χ1v) is 7.79. The first-order valence-electron chi connectivity index (χ1n) is 7.79. The molecule has 0 unspecified atom stereocenters. The number of furan rings is 1. The standard InChI is InChI=1S/C16H24N2O4/c1-10(2)14(18-15(20)13-7-4-8-22-13)16(21)17-9-11-5-3-6-12(11)19/h4,7-8,10-12,14,19H,3,5-6,9H2,1-2H3,(H,17,21)(H,18,20)/t11-,12+,14+/m1/s1. The number of hydrogen-bond donors (Lipinski definition) is 3. The lowest BCUT2D eigenvalue weighted by atomic mass is 10.0. The van der Waals surface area contributed by atoms with Gasteiger partial charge >= 0.3 is 0 Å². The summed E-state index contributed by atoms with van der Waals surface area (Å²) in [7, 11) is 0. The van der Waals surface area contributed by atoms with Crippen molar-refractivity contribution in [2.75, 3.05) is 6.54 Å². The van der Waals surface area contributed by atoms with Gasteiger partial charge in [0, 0.05) is 12.5 Å². The summed E-state index contributed by atoms with van der Waals surface area (Å²) in [6, 6.07) is 2.55. The Bertz CT molecular complexity index is 498. The lowest BCUT2D eigenvalue weighted by Gasteiger charge is -2.23. The van der Waals surface area contributed by atoms with Gasteiger partial charge in [-0.05, 0) is 30.9 Å². The van der Waals surface area contributed by atoms with Crippen LogP contribution in [0.5, 0.6) is 0 Å². The Morgan fingerprint density at radius 3 is 2.73 bits per heavy atom. The highest BCUT2D eigenvalue weighted by Crippen LogP contribution is 2.24. The first-order chi connectivity index (χ1) is 10.5. The predicted molar refractivity (Wildman–Crippen MR) is 81.2 cm³/mol. The van der Waals surface area contributed by atoms with Crippen LogP contribution in [0.15, 0.2) is 22.8 Å². The minimum atomic E-state index is -0.629. The molecule has 0 aliphatic heterocycles. The van der Waals surface area contributed by atoms with Crippen LogP contribution in [0.1, 0.15) is 43.7 Å². The highest BCUT2D eigenvalue weighted by molar-refractivity contribution is 5.95. The molecule has 0 radical (unpaired) electrons. The number of hydrogen-bond acceptors (Lipinski definition) is 4. The predicted octanol–water partition coefficient (Wildman–Crippen LogP) is 1.31. The van der Waals surface area contributed by atoms with E-state index in [2.05, 4.69) is 10.6 Å². The molecule has 0 bridgehead atoms. The summed E-state index contributed by atoms with van der Waals surface area (Å²) in [5, 5.41) is 15.3. The Kier molecular flexibility index (Phi) is 5.60. The highest BCUT2D eigenvalue weighted by atomic mass is 16.3. The van der Waals surface area contributed by atoms with Gasteiger partial charge in [-0.3, -0.25) is 9.59 Å². The third kappa shape index (κ3) is 4.10. The third-order valence-corrected chi connectivity index (χ3v) is 4.14. The Hall–Kier alpha value is -1.82. The van der Waals surface area contributed by atoms with E-state index in [-0.39, 0.29) is 29.6 Å². The van der Waals surface area contributed by atoms with Gasteiger partial charge in [-0.1, -0.05) is 20.3 Å². The SMILES string of the molecule is CC(C)[C@H](NC(=O)c1ccco1)C(=O)NC[C@H]1CCC[C@@H]1O. The number of amides is 2. The molecule has 1 aliphatic rings. The lowest BCUT2D eigenvalue weighted by molar-refractivity contribution is -0.124. The van der Waals surface area contributed by atoms with Crippen molar-refractivity contribution in [3.8, 4) is 0 Å². The van der Waals surface area contributed by atoms with Crippen LogP contribution in [0.25, 0.3) is 0 Å². The monoisotopic (exact) mass is 308 g/mol. The molecule has 1 aromatic heterocycles. The molecule has 122 valence electrons. The fourth-order valence-corrected chi connectivity index (χ4v) is 2.75. The molecule has 22 heavy (non-hydrogen) atoms. The van der Waals surface area contributed by atoms with Crippen LogP contribution in [0.4, 0.5) is 0 Å². The van der Waals surface area contributed by atoms with Crippen LogP contribution >= 0.6 is 0 Å². The van der Waals surface area contributed by atoms with Gasteiger partial charge in [-0.15, -0.1) is 0 Å². The Balaban J connectivity index is 1.89. The second kappa shape index (κ2) is 7.45. The molecule has 3 N–H and O–H groups in total. The van der Waals surface area contributed by atoms with Crippen molar-refractivity contribution in [2.45, 2.75) is 45.3 Å². The maximum Gasteiger partial charge on any atom is 0.287 e. The van der Waals surface area contributed by atoms with Crippen LogP contribution in [-0.2, 0) is 4.79 Å². The van der Waals surface area contributed by atoms with E-state index in [0.717, 1.165) is 19.3 Å². The first kappa shape index (κ1) is 16.5. The fraction of sp³-hybridized carbons (Fsp3) is 0.625. The van der Waals surface area contributed by atoms with Crippen molar-refractivity contribution >= 4 is 11.8 Å². The summed E-state index contributed by atoms with van der Waals surface area (Å²) >= 11 is 0. The van der Waals surface area contributed by atoms with Gasteiger partial charge in [0.05, 0.1) is 12.4 Å². The van der Waals surface area contributed by atoms with E-state index in [9.17, 15) is 14.7 Å². The van der Waals surface area contributed by atoms with Gasteiger partial charge in [-0.25, -0.2) is 0 Å². The Labute approximate surface area is 130 Å². The molecule has 6 nitrogen and oxygen atoms in total. The lowest BCUT2D eigenvalue weighted by Crippen LogP contribution is -2.50. The quantitative estimate of drug-likeness (QED) is 0.739. The summed E-state index contributed by atoms with van der Waals surface area (Å²) < 4.78 is 5.03. The summed E-state index contributed by atoms with van der Waals surface area (Å²) in [5.41, 5.74) is 0. The highest BCUT2D eigenvalue weighted by Gasteiger charge is 2.29. The zero-order chi connectivity index (χ0) is 16.1. The molecule has 1 fully saturated rings. The normalized spacial score (nSPS) is 22.5. The fourth-order valence-electron chi connectivity index (χ4n) is 2.75. The topological polar surface area (TPSA) is 91.6 Å². The molecular formula is C16H24N2O4. The molecule has 2 rings (SSSR count). The second-order valence-corrected chi connectivity index (χ2v) is 6.18. The van der Waals surface area contributed by atoms with Crippen LogP contribution in [0, 0.1) is 11.8 Å². The molecule has 2 amide bonds. The molecular weight excluding hydrogens is 284 g/mol. The average molecular weight is 308 g/mol. The van der Waals surface area contributed by atoms with E-state index < -0.39 is 11.9 Å². The average Bonchev–Trinajstić information content (AvgIpc) is 3.13. The van der Waals surface area contributed by atoms with Gasteiger partial charge in [0.2, 0.25) is 5.91 Å². The van der Waals surface area contributed by atoms with Gasteiger partial charge < -0.3 is 20.2 Å². The van der Waals surface area contributed by atoms with Crippen molar-refractivity contribution < 1.29 is 19.1 Å². The smallest absolute Gasteiger partial charge is 0.287 e. The van der Waals surface area contributed by atoms with Crippen LogP contribution in [-0.4, -0.2) is 35.6 Å². The molecule has 0 saturated heterocycles. The van der Waals surface area contributed by atoms with Crippen molar-refractivity contribution in [1.29, 1.82) is 0 Å². The van der Waals surface area contributed by atoms with Gasteiger partial charge in [0.1, 0.15) is 6.04 Å². The van der Waals surface area contributed by atoms with E-state index in [4.69, 9.17) is 4.42 Å². The van der Waals surface area contributed by atoms with Gasteiger partial charge in [-0.2, -0.15) is 0 Å². The third-order valence-electron chi connectivity index (χ3n) is 4.14. The zero-order valence-corrected chi connectivity index (χ0v) is 13.0. The van der Waals surface area contributed by atoms with E-state index in [0.29, 0.717) is 6.54 Å². The number of aliphatic hydroxyl groups excluding tert-OH is 1. The molecule has 0 spiro atoms. The van der Waals surface area contributed by atoms with E-state index >= 15 is 0 Å². The number of nitrogens with one attached hydrogen (secondary N) is 2. The van der Waals surface area contributed by atoms with E-state index in [1.165, 1.54) is 6.26 Å². The number of aliphatic hydroxyl groups is 1. The minimum Gasteiger partial charge on any atom is -0.459 e. The molecule has 1 heterocycles. The summed E-state index contributed by atoms with van der Waals surface area (Å²) in [4.78, 5) is 24.3. The molecule has 3 atom stereocenters. The Morgan fingerprint density at radius 2 is 2.18 bits per heavy atom. The number of carbonyl (C=O) groups is 2. The largest absolute Gasteiger partial charge is 0.459 e. The van der Waals surface area contributed by atoms with Gasteiger partial charge in [0.25, 0.3) is 5.91 Å². The molecule has 0 aromatic carbocycles. The maximum absolute atomic E-state index is 12.3. The van der Waals surface area contributed by atoms with Crippen molar-refractivity contribution in [2.24, 2.45) is 11.8 Å². The maximum atomic E-state index is 12.3. The van der Waals surface area contributed by atoms with Gasteiger partial charge in [0.15, 0.2) is 5.76 Å².